The van der Waals surface area contributed by atoms with Gasteiger partial charge >= 0.3 is 0 Å². The summed E-state index contributed by atoms with van der Waals surface area (Å²) < 4.78 is 0.895. The van der Waals surface area contributed by atoms with Crippen LogP contribution in [0.1, 0.15) is 12.8 Å². The lowest BCUT2D eigenvalue weighted by Crippen LogP contribution is -2.55. The molecule has 218 valence electrons. The van der Waals surface area contributed by atoms with Crippen molar-refractivity contribution in [2.75, 3.05) is 31.1 Å². The van der Waals surface area contributed by atoms with Crippen molar-refractivity contribution in [3.63, 3.8) is 0 Å². The van der Waals surface area contributed by atoms with Crippen molar-refractivity contribution < 1.29 is 19.5 Å². The molecule has 0 aliphatic carbocycles. The summed E-state index contributed by atoms with van der Waals surface area (Å²) in [6.45, 7) is 8.12. The maximum atomic E-state index is 14.5. The third kappa shape index (κ3) is 4.42. The van der Waals surface area contributed by atoms with Crippen LogP contribution < -0.4 is 4.90 Å². The summed E-state index contributed by atoms with van der Waals surface area (Å²) in [7, 11) is 0. The number of fused-ring (bicyclic) bond motifs is 2. The highest BCUT2D eigenvalue weighted by Gasteiger charge is 2.74. The van der Waals surface area contributed by atoms with Gasteiger partial charge in [-0.25, -0.2) is 4.68 Å². The predicted octanol–water partition coefficient (Wildman–Crippen LogP) is 2.71. The van der Waals surface area contributed by atoms with E-state index in [4.69, 9.17) is 0 Å². The molecule has 3 aromatic rings. The van der Waals surface area contributed by atoms with Crippen LogP contribution in [-0.2, 0) is 21.1 Å². The third-order valence-electron chi connectivity index (χ3n) is 8.69. The highest BCUT2D eigenvalue weighted by atomic mass is 32.2. The number of aliphatic hydroxyl groups excluding tert-OH is 1. The lowest BCUT2D eigenvalue weighted by atomic mass is 9.70. The second-order valence-corrected chi connectivity index (χ2v) is 12.6. The topological polar surface area (TPSA) is 112 Å². The molecule has 1 N–H and O–H groups in total. The first-order chi connectivity index (χ1) is 20.4. The molecule has 0 saturated carbocycles. The van der Waals surface area contributed by atoms with Crippen LogP contribution in [0.15, 0.2) is 79.9 Å². The van der Waals surface area contributed by atoms with Crippen LogP contribution in [0.4, 0.5) is 5.69 Å². The number of β-amino-alcohol motifs (C(OH)–C–C–N with tert-alkyl or cyclic N) is 1. The Morgan fingerprint density at radius 2 is 1.81 bits per heavy atom. The van der Waals surface area contributed by atoms with Crippen molar-refractivity contribution in [2.45, 2.75) is 35.5 Å². The van der Waals surface area contributed by atoms with Gasteiger partial charge in [-0.05, 0) is 37.1 Å². The van der Waals surface area contributed by atoms with Crippen molar-refractivity contribution in [2.24, 2.45) is 11.8 Å². The van der Waals surface area contributed by atoms with Gasteiger partial charge in [0.2, 0.25) is 17.7 Å². The molecule has 1 spiro atoms. The van der Waals surface area contributed by atoms with E-state index in [2.05, 4.69) is 23.5 Å². The van der Waals surface area contributed by atoms with E-state index in [1.54, 1.807) is 38.4 Å². The predicted molar refractivity (Wildman–Crippen MR) is 161 cm³/mol. The summed E-state index contributed by atoms with van der Waals surface area (Å²) in [4.78, 5) is 47.7. The van der Waals surface area contributed by atoms with E-state index >= 15 is 0 Å². The Morgan fingerprint density at radius 1 is 1.07 bits per heavy atom. The zero-order chi connectivity index (χ0) is 29.4. The van der Waals surface area contributed by atoms with Gasteiger partial charge in [0, 0.05) is 30.6 Å². The summed E-state index contributed by atoms with van der Waals surface area (Å²) in [5.74, 6) is -1.86. The Morgan fingerprint density at radius 3 is 2.55 bits per heavy atom. The summed E-state index contributed by atoms with van der Waals surface area (Å²) in [6, 6.07) is 16.1. The number of benzene rings is 2. The first-order valence-electron chi connectivity index (χ1n) is 14.2. The number of carbonyl (C=O) groups excluding carboxylic acids is 3. The van der Waals surface area contributed by atoms with Gasteiger partial charge in [0.15, 0.2) is 0 Å². The number of anilines is 1. The van der Waals surface area contributed by atoms with Gasteiger partial charge in [0.1, 0.15) is 18.2 Å². The van der Waals surface area contributed by atoms with E-state index < -0.39 is 22.6 Å². The Bertz CT molecular complexity index is 1530. The molecule has 3 saturated heterocycles. The molecule has 5 atom stereocenters. The molecule has 3 fully saturated rings. The fourth-order valence-corrected chi connectivity index (χ4v) is 9.24. The van der Waals surface area contributed by atoms with Crippen LogP contribution in [0.2, 0.25) is 0 Å². The first kappa shape index (κ1) is 28.2. The summed E-state index contributed by atoms with van der Waals surface area (Å²) >= 11 is 1.61. The van der Waals surface area contributed by atoms with Gasteiger partial charge in [-0.15, -0.1) is 30.0 Å². The molecule has 11 heteroatoms. The maximum Gasteiger partial charge on any atom is 0.248 e. The molecule has 3 aliphatic rings. The largest absolute Gasteiger partial charge is 0.395 e. The third-order valence-corrected chi connectivity index (χ3v) is 10.6. The fourth-order valence-electron chi connectivity index (χ4n) is 7.03. The number of thioether (sulfide) groups is 1. The van der Waals surface area contributed by atoms with E-state index in [1.165, 1.54) is 4.90 Å². The first-order valence-corrected chi connectivity index (χ1v) is 15.1. The number of aromatic nitrogens is 3. The SMILES string of the molecule is C=CCN(Cn1nnc2ccccc21)C(=O)C1N(CCO)C(=O)[C@@H]2[C@H](C(=O)N(CC=C)c3ccccc3)[C@@H]3CCC12S3. The molecule has 1 aromatic heterocycles. The quantitative estimate of drug-likeness (QED) is 0.344. The standard InChI is InChI=1S/C31H34N6O4S/c1-3-16-34(20-37-23-13-9-8-12-22(23)32-33-37)30(41)27-31-15-14-24(42-31)25(26(31)29(40)36(27)18-19-38)28(39)35(17-4-2)21-10-6-5-7-11-21/h3-13,24-27,38H,1-2,14-20H2/t24-,25+,26-,27?,31?/m0/s1. The van der Waals surface area contributed by atoms with Gasteiger partial charge in [0.05, 0.1) is 28.7 Å². The van der Waals surface area contributed by atoms with Gasteiger partial charge in [-0.1, -0.05) is 47.7 Å². The number of carbonyl (C=O) groups is 3. The molecule has 42 heavy (non-hydrogen) atoms. The second kappa shape index (κ2) is 11.4. The van der Waals surface area contributed by atoms with Crippen LogP contribution in [0.3, 0.4) is 0 Å². The minimum absolute atomic E-state index is 0.0167. The van der Waals surface area contributed by atoms with Gasteiger partial charge in [0.25, 0.3) is 0 Å². The van der Waals surface area contributed by atoms with Crippen LogP contribution >= 0.6 is 11.8 Å². The van der Waals surface area contributed by atoms with Gasteiger partial charge in [-0.2, -0.15) is 0 Å². The van der Waals surface area contributed by atoms with Gasteiger partial charge in [-0.3, -0.25) is 14.4 Å². The summed E-state index contributed by atoms with van der Waals surface area (Å²) in [5.41, 5.74) is 2.25. The summed E-state index contributed by atoms with van der Waals surface area (Å²) in [5, 5.41) is 18.4. The molecule has 6 rings (SSSR count). The number of para-hydroxylation sites is 2. The minimum atomic E-state index is -0.825. The van der Waals surface area contributed by atoms with E-state index in [9.17, 15) is 19.5 Å². The number of aliphatic hydroxyl groups is 1. The average molecular weight is 587 g/mol. The lowest BCUT2D eigenvalue weighted by Gasteiger charge is -2.37. The number of likely N-dealkylation sites (tertiary alicyclic amines) is 1. The number of nitrogens with zero attached hydrogens (tertiary/aromatic N) is 6. The van der Waals surface area contributed by atoms with Crippen LogP contribution in [0.5, 0.6) is 0 Å². The molecular formula is C31H34N6O4S. The van der Waals surface area contributed by atoms with E-state index in [0.29, 0.717) is 18.5 Å². The smallest absolute Gasteiger partial charge is 0.248 e. The summed E-state index contributed by atoms with van der Waals surface area (Å²) in [6.07, 6.45) is 4.70. The molecule has 10 nitrogen and oxygen atoms in total. The zero-order valence-corrected chi connectivity index (χ0v) is 24.1. The van der Waals surface area contributed by atoms with Crippen molar-refractivity contribution in [1.82, 2.24) is 24.8 Å². The Kier molecular flexibility index (Phi) is 7.63. The molecule has 2 aromatic carbocycles. The van der Waals surface area contributed by atoms with Gasteiger partial charge < -0.3 is 19.8 Å². The van der Waals surface area contributed by atoms with E-state index in [1.807, 2.05) is 54.6 Å². The highest BCUT2D eigenvalue weighted by Crippen LogP contribution is 2.66. The lowest BCUT2D eigenvalue weighted by molar-refractivity contribution is -0.144. The fraction of sp³-hybridized carbons (Fsp3) is 0.387. The molecule has 3 amide bonds. The van der Waals surface area contributed by atoms with Crippen LogP contribution in [0.25, 0.3) is 11.0 Å². The monoisotopic (exact) mass is 586 g/mol. The minimum Gasteiger partial charge on any atom is -0.395 e. The number of hydrogen-bond donors (Lipinski definition) is 1. The normalized spacial score (nSPS) is 25.9. The number of hydrogen-bond acceptors (Lipinski definition) is 7. The zero-order valence-electron chi connectivity index (χ0n) is 23.3. The molecule has 2 unspecified atom stereocenters. The highest BCUT2D eigenvalue weighted by molar-refractivity contribution is 8.02. The molecule has 0 radical (unpaired) electrons. The van der Waals surface area contributed by atoms with Crippen molar-refractivity contribution in [3.8, 4) is 0 Å². The van der Waals surface area contributed by atoms with Crippen molar-refractivity contribution in [1.29, 1.82) is 0 Å². The van der Waals surface area contributed by atoms with Crippen LogP contribution in [0, 0.1) is 11.8 Å². The number of rotatable bonds is 11. The van der Waals surface area contributed by atoms with E-state index in [-0.39, 0.29) is 49.3 Å². The van der Waals surface area contributed by atoms with Crippen molar-refractivity contribution >= 4 is 46.2 Å². The Hall–Kier alpha value is -3.96. The Balaban J connectivity index is 1.35. The Labute approximate surface area is 248 Å². The van der Waals surface area contributed by atoms with Crippen molar-refractivity contribution in [3.05, 3.63) is 79.9 Å². The van der Waals surface area contributed by atoms with Crippen LogP contribution in [-0.4, -0.2) is 89.9 Å². The molecule has 2 bridgehead atoms. The molecule has 4 heterocycles. The average Bonchev–Trinajstić information content (AvgIpc) is 3.76. The maximum absolute atomic E-state index is 14.5. The molecular weight excluding hydrogens is 552 g/mol. The van der Waals surface area contributed by atoms with E-state index in [0.717, 1.165) is 17.6 Å². The molecule has 3 aliphatic heterocycles. The second-order valence-electron chi connectivity index (χ2n) is 11.0. The number of amides is 3.